The van der Waals surface area contributed by atoms with E-state index in [4.69, 9.17) is 4.52 Å². The van der Waals surface area contributed by atoms with Crippen molar-refractivity contribution in [2.24, 2.45) is 0 Å². The van der Waals surface area contributed by atoms with Gasteiger partial charge in [0, 0.05) is 17.0 Å². The molecule has 0 amide bonds. The lowest BCUT2D eigenvalue weighted by Gasteiger charge is -2.01. The summed E-state index contributed by atoms with van der Waals surface area (Å²) in [4.78, 5) is 12.8. The second-order valence-electron chi connectivity index (χ2n) is 4.39. The lowest BCUT2D eigenvalue weighted by Crippen LogP contribution is -2.01. The van der Waals surface area contributed by atoms with Crippen molar-refractivity contribution in [3.05, 3.63) is 47.8 Å². The molecule has 0 saturated carbocycles. The monoisotopic (exact) mass is 267 g/mol. The summed E-state index contributed by atoms with van der Waals surface area (Å²) in [6.07, 6.45) is 0. The topological polar surface area (TPSA) is 76.7 Å². The molecule has 2 heterocycles. The van der Waals surface area contributed by atoms with Crippen LogP contribution in [0.25, 0.3) is 11.5 Å². The first-order valence-electron chi connectivity index (χ1n) is 6.19. The molecule has 0 unspecified atom stereocenters. The first kappa shape index (κ1) is 12.3. The normalized spacial score (nSPS) is 10.5. The number of nitrogens with one attached hydrogen (secondary N) is 1. The highest BCUT2D eigenvalue weighted by molar-refractivity contribution is 5.55. The molecule has 1 N–H and O–H groups in total. The molecule has 0 aliphatic rings. The molecule has 0 atom stereocenters. The summed E-state index contributed by atoms with van der Waals surface area (Å²) >= 11 is 0. The van der Waals surface area contributed by atoms with E-state index in [9.17, 15) is 0 Å². The van der Waals surface area contributed by atoms with Crippen molar-refractivity contribution < 1.29 is 4.52 Å². The van der Waals surface area contributed by atoms with E-state index in [1.807, 2.05) is 50.2 Å². The van der Waals surface area contributed by atoms with Crippen LogP contribution in [0.2, 0.25) is 0 Å². The number of benzene rings is 1. The molecule has 0 aliphatic heterocycles. The molecular formula is C14H13N5O. The average Bonchev–Trinajstić information content (AvgIpc) is 2.87. The van der Waals surface area contributed by atoms with Gasteiger partial charge in [0.25, 0.3) is 11.8 Å². The van der Waals surface area contributed by atoms with Crippen LogP contribution in [0.3, 0.4) is 0 Å². The summed E-state index contributed by atoms with van der Waals surface area (Å²) < 4.78 is 5.20. The van der Waals surface area contributed by atoms with Crippen LogP contribution in [0.15, 0.2) is 40.9 Å². The molecule has 6 nitrogen and oxygen atoms in total. The molecule has 3 aromatic rings. The van der Waals surface area contributed by atoms with Crippen LogP contribution in [0.4, 0.5) is 11.9 Å². The summed E-state index contributed by atoms with van der Waals surface area (Å²) in [5.41, 5.74) is 2.63. The molecule has 0 aliphatic carbocycles. The fourth-order valence-electron chi connectivity index (χ4n) is 1.85. The van der Waals surface area contributed by atoms with Gasteiger partial charge < -0.3 is 4.52 Å². The number of hydrogen-bond donors (Lipinski definition) is 1. The van der Waals surface area contributed by atoms with Crippen molar-refractivity contribution in [3.63, 3.8) is 0 Å². The predicted octanol–water partition coefficient (Wildman–Crippen LogP) is 2.89. The van der Waals surface area contributed by atoms with Crippen molar-refractivity contribution in [1.82, 2.24) is 20.1 Å². The van der Waals surface area contributed by atoms with E-state index in [0.717, 1.165) is 17.0 Å². The first-order valence-corrected chi connectivity index (χ1v) is 6.19. The summed E-state index contributed by atoms with van der Waals surface area (Å²) in [7, 11) is 0. The Balaban J connectivity index is 1.84. The summed E-state index contributed by atoms with van der Waals surface area (Å²) in [6.45, 7) is 3.82. The predicted molar refractivity (Wildman–Crippen MR) is 74.5 cm³/mol. The van der Waals surface area contributed by atoms with Gasteiger partial charge >= 0.3 is 0 Å². The minimum Gasteiger partial charge on any atom is -0.332 e. The van der Waals surface area contributed by atoms with Crippen molar-refractivity contribution in [2.75, 3.05) is 5.32 Å². The van der Waals surface area contributed by atoms with Crippen molar-refractivity contribution in [1.29, 1.82) is 0 Å². The summed E-state index contributed by atoms with van der Waals surface area (Å²) in [6, 6.07) is 11.5. The maximum absolute atomic E-state index is 5.20. The molecule has 0 spiro atoms. The zero-order valence-corrected chi connectivity index (χ0v) is 11.2. The number of hydrogen-bond acceptors (Lipinski definition) is 6. The van der Waals surface area contributed by atoms with Gasteiger partial charge in [-0.2, -0.15) is 4.98 Å². The van der Waals surface area contributed by atoms with E-state index in [1.165, 1.54) is 0 Å². The molecule has 6 heteroatoms. The lowest BCUT2D eigenvalue weighted by atomic mass is 10.2. The van der Waals surface area contributed by atoms with Crippen LogP contribution in [0.5, 0.6) is 0 Å². The molecule has 3 rings (SSSR count). The van der Waals surface area contributed by atoms with Crippen LogP contribution < -0.4 is 5.32 Å². The number of aromatic nitrogens is 4. The van der Waals surface area contributed by atoms with E-state index in [0.29, 0.717) is 17.8 Å². The van der Waals surface area contributed by atoms with E-state index in [-0.39, 0.29) is 0 Å². The molecule has 0 bridgehead atoms. The average molecular weight is 267 g/mol. The van der Waals surface area contributed by atoms with E-state index < -0.39 is 0 Å². The Bertz CT molecular complexity index is 703. The van der Waals surface area contributed by atoms with Crippen molar-refractivity contribution in [3.8, 4) is 11.5 Å². The Labute approximate surface area is 115 Å². The highest BCUT2D eigenvalue weighted by atomic mass is 16.5. The minimum absolute atomic E-state index is 0.342. The van der Waals surface area contributed by atoms with Gasteiger partial charge in [0.15, 0.2) is 0 Å². The second-order valence-corrected chi connectivity index (χ2v) is 4.39. The third kappa shape index (κ3) is 2.64. The zero-order chi connectivity index (χ0) is 13.9. The smallest absolute Gasteiger partial charge is 0.270 e. The van der Waals surface area contributed by atoms with Gasteiger partial charge in [-0.15, -0.1) is 0 Å². The third-order valence-electron chi connectivity index (χ3n) is 2.65. The third-order valence-corrected chi connectivity index (χ3v) is 2.65. The Morgan fingerprint density at radius 2 is 1.60 bits per heavy atom. The first-order chi connectivity index (χ1) is 9.70. The summed E-state index contributed by atoms with van der Waals surface area (Å²) in [5.74, 6) is 1.26. The van der Waals surface area contributed by atoms with Crippen molar-refractivity contribution in [2.45, 2.75) is 13.8 Å². The summed E-state index contributed by atoms with van der Waals surface area (Å²) in [5, 5.41) is 6.81. The number of rotatable bonds is 3. The lowest BCUT2D eigenvalue weighted by molar-refractivity contribution is 0.432. The highest BCUT2D eigenvalue weighted by Gasteiger charge is 2.09. The van der Waals surface area contributed by atoms with Gasteiger partial charge in [-0.25, -0.2) is 9.97 Å². The van der Waals surface area contributed by atoms with Crippen LogP contribution >= 0.6 is 0 Å². The Morgan fingerprint density at radius 1 is 0.900 bits per heavy atom. The van der Waals surface area contributed by atoms with Gasteiger partial charge in [0.2, 0.25) is 5.95 Å². The molecule has 0 fully saturated rings. The standard InChI is InChI=1S/C14H13N5O/c1-9-8-10(2)16-13(15-9)18-14-17-12(20-19-14)11-6-4-3-5-7-11/h3-8H,1-2H3,(H,15,16,18,19). The molecule has 0 saturated heterocycles. The van der Waals surface area contributed by atoms with Gasteiger partial charge in [0.05, 0.1) is 0 Å². The van der Waals surface area contributed by atoms with Crippen LogP contribution in [-0.4, -0.2) is 20.1 Å². The van der Waals surface area contributed by atoms with Crippen LogP contribution in [-0.2, 0) is 0 Å². The van der Waals surface area contributed by atoms with Gasteiger partial charge in [-0.1, -0.05) is 18.2 Å². The zero-order valence-electron chi connectivity index (χ0n) is 11.2. The Hall–Kier alpha value is -2.76. The molecule has 20 heavy (non-hydrogen) atoms. The SMILES string of the molecule is Cc1cc(C)nc(Nc2noc(-c3ccccc3)n2)n1. The molecule has 2 aromatic heterocycles. The highest BCUT2D eigenvalue weighted by Crippen LogP contribution is 2.19. The second kappa shape index (κ2) is 5.08. The van der Waals surface area contributed by atoms with Crippen LogP contribution in [0, 0.1) is 13.8 Å². The quantitative estimate of drug-likeness (QED) is 0.786. The molecule has 100 valence electrons. The number of anilines is 2. The maximum atomic E-state index is 5.20. The fourth-order valence-corrected chi connectivity index (χ4v) is 1.85. The van der Waals surface area contributed by atoms with Crippen molar-refractivity contribution >= 4 is 11.9 Å². The van der Waals surface area contributed by atoms with Gasteiger partial charge in [-0.3, -0.25) is 5.32 Å². The number of aryl methyl sites for hydroxylation is 2. The van der Waals surface area contributed by atoms with Crippen LogP contribution in [0.1, 0.15) is 11.4 Å². The van der Waals surface area contributed by atoms with E-state index in [2.05, 4.69) is 25.4 Å². The van der Waals surface area contributed by atoms with Gasteiger partial charge in [0.1, 0.15) is 0 Å². The Kier molecular flexibility index (Phi) is 3.12. The van der Waals surface area contributed by atoms with Gasteiger partial charge in [-0.05, 0) is 37.2 Å². The molecule has 0 radical (unpaired) electrons. The maximum Gasteiger partial charge on any atom is 0.270 e. The largest absolute Gasteiger partial charge is 0.332 e. The molecular weight excluding hydrogens is 254 g/mol. The van der Waals surface area contributed by atoms with E-state index >= 15 is 0 Å². The van der Waals surface area contributed by atoms with E-state index in [1.54, 1.807) is 0 Å². The molecule has 1 aromatic carbocycles. The fraction of sp³-hybridized carbons (Fsp3) is 0.143. The Morgan fingerprint density at radius 3 is 2.30 bits per heavy atom. The number of nitrogens with zero attached hydrogens (tertiary/aromatic N) is 4. The minimum atomic E-state index is 0.342.